The van der Waals surface area contributed by atoms with Gasteiger partial charge in [0.05, 0.1) is 11.5 Å². The highest BCUT2D eigenvalue weighted by molar-refractivity contribution is 5.92. The van der Waals surface area contributed by atoms with Crippen LogP contribution in [0.3, 0.4) is 0 Å². The molecule has 1 N–H and O–H groups in total. The lowest BCUT2D eigenvalue weighted by Gasteiger charge is -2.29. The lowest BCUT2D eigenvalue weighted by molar-refractivity contribution is 0.218. The zero-order valence-electron chi connectivity index (χ0n) is 13.3. The topological polar surface area (TPSA) is 56.1 Å². The Morgan fingerprint density at radius 2 is 2.00 bits per heavy atom. The second kappa shape index (κ2) is 5.77. The number of nitrogens with zero attached hydrogens (tertiary/aromatic N) is 2. The quantitative estimate of drug-likeness (QED) is 0.940. The maximum absolute atomic E-state index is 11.8. The third-order valence-corrected chi connectivity index (χ3v) is 4.39. The molecule has 1 heterocycles. The van der Waals surface area contributed by atoms with Gasteiger partial charge in [-0.3, -0.25) is 0 Å². The number of nitrogens with one attached hydrogen (secondary N) is 1. The second-order valence-electron chi connectivity index (χ2n) is 6.26. The molecule has 1 atom stereocenters. The Morgan fingerprint density at radius 1 is 1.26 bits per heavy atom. The Balaban J connectivity index is 1.95. The highest BCUT2D eigenvalue weighted by Crippen LogP contribution is 2.32. The zero-order valence-corrected chi connectivity index (χ0v) is 13.3. The summed E-state index contributed by atoms with van der Waals surface area (Å²) in [6.07, 6.45) is 0.636. The van der Waals surface area contributed by atoms with E-state index in [1.807, 2.05) is 55.5 Å². The average Bonchev–Trinajstić information content (AvgIpc) is 2.56. The third kappa shape index (κ3) is 2.91. The van der Waals surface area contributed by atoms with Crippen molar-refractivity contribution in [2.75, 3.05) is 12.4 Å². The first-order valence-corrected chi connectivity index (χ1v) is 7.62. The van der Waals surface area contributed by atoms with Crippen LogP contribution in [0, 0.1) is 11.3 Å². The first kappa shape index (κ1) is 15.1. The van der Waals surface area contributed by atoms with Crippen molar-refractivity contribution in [1.29, 1.82) is 5.26 Å². The lowest BCUT2D eigenvalue weighted by atomic mass is 9.78. The molecule has 23 heavy (non-hydrogen) atoms. The minimum atomic E-state index is -0.634. The summed E-state index contributed by atoms with van der Waals surface area (Å²) < 4.78 is 0. The van der Waals surface area contributed by atoms with Crippen molar-refractivity contribution in [2.45, 2.75) is 25.3 Å². The number of fused-ring (bicyclic) bond motifs is 1. The normalized spacial score (nSPS) is 16.0. The summed E-state index contributed by atoms with van der Waals surface area (Å²) in [6, 6.07) is 18.3. The smallest absolute Gasteiger partial charge is 0.321 e. The van der Waals surface area contributed by atoms with E-state index in [-0.39, 0.29) is 6.03 Å². The molecule has 0 saturated carbocycles. The van der Waals surface area contributed by atoms with Gasteiger partial charge in [-0.15, -0.1) is 0 Å². The predicted molar refractivity (Wildman–Crippen MR) is 90.0 cm³/mol. The van der Waals surface area contributed by atoms with E-state index in [0.29, 0.717) is 13.0 Å². The van der Waals surface area contributed by atoms with E-state index in [2.05, 4.69) is 11.4 Å². The van der Waals surface area contributed by atoms with Crippen LogP contribution in [0.4, 0.5) is 10.5 Å². The van der Waals surface area contributed by atoms with Crippen LogP contribution in [-0.2, 0) is 18.4 Å². The molecule has 3 rings (SSSR count). The fraction of sp³-hybridized carbons (Fsp3) is 0.263. The van der Waals surface area contributed by atoms with Gasteiger partial charge in [-0.1, -0.05) is 42.5 Å². The Bertz CT molecular complexity index is 779. The van der Waals surface area contributed by atoms with E-state index in [0.717, 1.165) is 22.4 Å². The molecule has 0 fully saturated rings. The van der Waals surface area contributed by atoms with Crippen LogP contribution in [0.2, 0.25) is 0 Å². The van der Waals surface area contributed by atoms with Crippen LogP contribution < -0.4 is 5.32 Å². The predicted octanol–water partition coefficient (Wildman–Crippen LogP) is 3.69. The summed E-state index contributed by atoms with van der Waals surface area (Å²) in [5.74, 6) is 0. The van der Waals surface area contributed by atoms with E-state index in [4.69, 9.17) is 0 Å². The molecule has 1 aliphatic heterocycles. The van der Waals surface area contributed by atoms with Gasteiger partial charge in [0.2, 0.25) is 0 Å². The number of carbonyl (C=O) groups excluding carboxylic acids is 1. The van der Waals surface area contributed by atoms with Crippen LogP contribution in [0.15, 0.2) is 48.5 Å². The lowest BCUT2D eigenvalue weighted by Crippen LogP contribution is -2.35. The molecule has 0 aromatic heterocycles. The Kier molecular flexibility index (Phi) is 3.79. The summed E-state index contributed by atoms with van der Waals surface area (Å²) in [7, 11) is 1.76. The summed E-state index contributed by atoms with van der Waals surface area (Å²) >= 11 is 0. The average molecular weight is 305 g/mol. The fourth-order valence-electron chi connectivity index (χ4n) is 2.92. The van der Waals surface area contributed by atoms with Crippen LogP contribution in [0.1, 0.15) is 23.6 Å². The molecular weight excluding hydrogens is 286 g/mol. The maximum Gasteiger partial charge on any atom is 0.321 e. The van der Waals surface area contributed by atoms with Gasteiger partial charge in [-0.2, -0.15) is 5.26 Å². The molecule has 1 unspecified atom stereocenters. The molecule has 0 bridgehead atoms. The summed E-state index contributed by atoms with van der Waals surface area (Å²) in [5.41, 5.74) is 3.28. The standard InChI is InChI=1S/C19H19N3O/c1-19(13-20,11-14-6-4-3-5-7-14)16-9-8-15-12-22(2)18(23)21-17(15)10-16/h3-10H,11-12H2,1-2H3,(H,21,23). The highest BCUT2D eigenvalue weighted by Gasteiger charge is 2.29. The second-order valence-corrected chi connectivity index (χ2v) is 6.26. The molecule has 2 amide bonds. The molecule has 0 aliphatic carbocycles. The van der Waals surface area contributed by atoms with Crippen molar-refractivity contribution in [1.82, 2.24) is 4.90 Å². The SMILES string of the molecule is CN1Cc2ccc(C(C)(C#N)Cc3ccccc3)cc2NC1=O. The van der Waals surface area contributed by atoms with Gasteiger partial charge in [0.1, 0.15) is 0 Å². The molecular formula is C19H19N3O. The molecule has 0 saturated heterocycles. The number of benzene rings is 2. The van der Waals surface area contributed by atoms with Gasteiger partial charge in [-0.05, 0) is 36.1 Å². The minimum Gasteiger partial charge on any atom is -0.323 e. The van der Waals surface area contributed by atoms with Gasteiger partial charge in [-0.25, -0.2) is 4.79 Å². The minimum absolute atomic E-state index is 0.114. The molecule has 2 aromatic rings. The van der Waals surface area contributed by atoms with Crippen molar-refractivity contribution in [3.63, 3.8) is 0 Å². The van der Waals surface area contributed by atoms with E-state index in [1.165, 1.54) is 0 Å². The van der Waals surface area contributed by atoms with E-state index in [9.17, 15) is 10.1 Å². The van der Waals surface area contributed by atoms with Gasteiger partial charge >= 0.3 is 6.03 Å². The monoisotopic (exact) mass is 305 g/mol. The summed E-state index contributed by atoms with van der Waals surface area (Å²) in [6.45, 7) is 2.53. The largest absolute Gasteiger partial charge is 0.323 e. The molecule has 4 nitrogen and oxygen atoms in total. The number of carbonyl (C=O) groups is 1. The number of amides is 2. The molecule has 0 radical (unpaired) electrons. The number of rotatable bonds is 3. The van der Waals surface area contributed by atoms with E-state index < -0.39 is 5.41 Å². The van der Waals surface area contributed by atoms with Crippen molar-refractivity contribution in [3.05, 3.63) is 65.2 Å². The third-order valence-electron chi connectivity index (χ3n) is 4.39. The first-order valence-electron chi connectivity index (χ1n) is 7.62. The van der Waals surface area contributed by atoms with Crippen molar-refractivity contribution < 1.29 is 4.79 Å². The van der Waals surface area contributed by atoms with Crippen molar-refractivity contribution >= 4 is 11.7 Å². The Hall–Kier alpha value is -2.80. The van der Waals surface area contributed by atoms with Crippen molar-refractivity contribution in [2.24, 2.45) is 0 Å². The number of anilines is 1. The molecule has 2 aromatic carbocycles. The van der Waals surface area contributed by atoms with Crippen LogP contribution in [-0.4, -0.2) is 18.0 Å². The van der Waals surface area contributed by atoms with Gasteiger partial charge in [0.15, 0.2) is 0 Å². The van der Waals surface area contributed by atoms with E-state index in [1.54, 1.807) is 11.9 Å². The number of urea groups is 1. The zero-order chi connectivity index (χ0) is 16.4. The first-order chi connectivity index (χ1) is 11.0. The van der Waals surface area contributed by atoms with Crippen LogP contribution in [0.5, 0.6) is 0 Å². The number of hydrogen-bond acceptors (Lipinski definition) is 2. The molecule has 1 aliphatic rings. The van der Waals surface area contributed by atoms with Gasteiger partial charge < -0.3 is 10.2 Å². The Morgan fingerprint density at radius 3 is 2.70 bits per heavy atom. The maximum atomic E-state index is 11.8. The molecule has 0 spiro atoms. The number of nitriles is 1. The fourth-order valence-corrected chi connectivity index (χ4v) is 2.92. The molecule has 116 valence electrons. The molecule has 4 heteroatoms. The van der Waals surface area contributed by atoms with Crippen LogP contribution in [0.25, 0.3) is 0 Å². The van der Waals surface area contributed by atoms with Crippen molar-refractivity contribution in [3.8, 4) is 6.07 Å². The van der Waals surface area contributed by atoms with Crippen LogP contribution >= 0.6 is 0 Å². The van der Waals surface area contributed by atoms with Gasteiger partial charge in [0, 0.05) is 19.3 Å². The van der Waals surface area contributed by atoms with Gasteiger partial charge in [0.25, 0.3) is 0 Å². The highest BCUT2D eigenvalue weighted by atomic mass is 16.2. The van der Waals surface area contributed by atoms with E-state index >= 15 is 0 Å². The number of hydrogen-bond donors (Lipinski definition) is 1. The summed E-state index contributed by atoms with van der Waals surface area (Å²) in [4.78, 5) is 13.5. The Labute approximate surface area is 136 Å². The summed E-state index contributed by atoms with van der Waals surface area (Å²) in [5, 5.41) is 12.6.